The molecule has 0 radical (unpaired) electrons. The largest absolute Gasteiger partial charge is 0.321 e. The summed E-state index contributed by atoms with van der Waals surface area (Å²) in [6, 6.07) is 9.35. The molecule has 1 amide bonds. The zero-order valence-electron chi connectivity index (χ0n) is 10.3. The van der Waals surface area contributed by atoms with E-state index in [1.807, 2.05) is 0 Å². The van der Waals surface area contributed by atoms with Gasteiger partial charge in [0.25, 0.3) is 11.6 Å². The fraction of sp³-hybridized carbons (Fsp3) is 0. The van der Waals surface area contributed by atoms with Gasteiger partial charge in [-0.2, -0.15) is 0 Å². The van der Waals surface area contributed by atoms with Crippen molar-refractivity contribution in [3.63, 3.8) is 0 Å². The number of nitro groups is 1. The maximum Gasteiger partial charge on any atom is 0.288 e. The third-order valence-electron chi connectivity index (χ3n) is 2.60. The number of hydrogen-bond acceptors (Lipinski definition) is 3. The van der Waals surface area contributed by atoms with Crippen LogP contribution in [0.15, 0.2) is 45.3 Å². The number of hydrogen-bond donors (Lipinski definition) is 1. The van der Waals surface area contributed by atoms with E-state index >= 15 is 0 Å². The van der Waals surface area contributed by atoms with Crippen LogP contribution in [-0.4, -0.2) is 10.8 Å². The second-order valence-corrected chi connectivity index (χ2v) is 6.12. The number of amides is 1. The van der Waals surface area contributed by atoms with Gasteiger partial charge in [0.2, 0.25) is 0 Å². The standard InChI is InChI=1S/C13H7Br2ClN2O3/c14-7-4-5-9(15)10(6-7)17-13(19)8-2-1-3-11(12(8)16)18(20)21/h1-6H,(H,17,19). The van der Waals surface area contributed by atoms with Gasteiger partial charge in [-0.05, 0) is 40.2 Å². The molecule has 0 fully saturated rings. The molecule has 0 spiro atoms. The van der Waals surface area contributed by atoms with Crippen LogP contribution in [0, 0.1) is 10.1 Å². The smallest absolute Gasteiger partial charge is 0.288 e. The molecule has 8 heteroatoms. The first-order valence-corrected chi connectivity index (χ1v) is 7.56. The Labute approximate surface area is 141 Å². The quantitative estimate of drug-likeness (QED) is 0.544. The topological polar surface area (TPSA) is 72.2 Å². The molecule has 21 heavy (non-hydrogen) atoms. The number of anilines is 1. The number of nitrogens with zero attached hydrogens (tertiary/aromatic N) is 1. The molecule has 5 nitrogen and oxygen atoms in total. The fourth-order valence-corrected chi connectivity index (χ4v) is 2.61. The van der Waals surface area contributed by atoms with Crippen LogP contribution in [-0.2, 0) is 0 Å². The van der Waals surface area contributed by atoms with Crippen LogP contribution in [0.3, 0.4) is 0 Å². The minimum Gasteiger partial charge on any atom is -0.321 e. The Kier molecular flexibility index (Phi) is 4.97. The summed E-state index contributed by atoms with van der Waals surface area (Å²) in [5.74, 6) is -0.525. The predicted octanol–water partition coefficient (Wildman–Crippen LogP) is 5.03. The lowest BCUT2D eigenvalue weighted by Gasteiger charge is -2.09. The number of halogens is 3. The SMILES string of the molecule is O=C(Nc1cc(Br)ccc1Br)c1cccc([N+](=O)[O-])c1Cl. The molecule has 0 saturated carbocycles. The zero-order chi connectivity index (χ0) is 15.6. The molecule has 2 aromatic rings. The number of carbonyl (C=O) groups excluding carboxylic acids is 1. The van der Waals surface area contributed by atoms with E-state index in [-0.39, 0.29) is 16.3 Å². The molecule has 0 atom stereocenters. The van der Waals surface area contributed by atoms with Crippen molar-refractivity contribution in [2.24, 2.45) is 0 Å². The van der Waals surface area contributed by atoms with Crippen LogP contribution in [0.25, 0.3) is 0 Å². The van der Waals surface area contributed by atoms with Crippen molar-refractivity contribution in [2.45, 2.75) is 0 Å². The van der Waals surface area contributed by atoms with Crippen molar-refractivity contribution in [3.8, 4) is 0 Å². The first kappa shape index (κ1) is 15.9. The van der Waals surface area contributed by atoms with Gasteiger partial charge in [0.15, 0.2) is 0 Å². The lowest BCUT2D eigenvalue weighted by molar-refractivity contribution is -0.384. The Morgan fingerprint density at radius 3 is 2.62 bits per heavy atom. The summed E-state index contributed by atoms with van der Waals surface area (Å²) in [4.78, 5) is 22.4. The fourth-order valence-electron chi connectivity index (χ4n) is 1.62. The van der Waals surface area contributed by atoms with Gasteiger partial charge < -0.3 is 5.32 Å². The van der Waals surface area contributed by atoms with E-state index in [0.29, 0.717) is 10.2 Å². The van der Waals surface area contributed by atoms with Gasteiger partial charge in [0, 0.05) is 15.0 Å². The van der Waals surface area contributed by atoms with E-state index < -0.39 is 10.8 Å². The highest BCUT2D eigenvalue weighted by molar-refractivity contribution is 9.11. The molecule has 0 aliphatic rings. The van der Waals surface area contributed by atoms with E-state index in [0.717, 1.165) is 4.47 Å². The van der Waals surface area contributed by atoms with Crippen LogP contribution >= 0.6 is 43.5 Å². The predicted molar refractivity (Wildman–Crippen MR) is 87.9 cm³/mol. The van der Waals surface area contributed by atoms with E-state index in [2.05, 4.69) is 37.2 Å². The van der Waals surface area contributed by atoms with Gasteiger partial charge in [-0.25, -0.2) is 0 Å². The highest BCUT2D eigenvalue weighted by atomic mass is 79.9. The Morgan fingerprint density at radius 2 is 1.95 bits per heavy atom. The molecule has 0 bridgehead atoms. The van der Waals surface area contributed by atoms with Crippen molar-refractivity contribution >= 4 is 60.7 Å². The van der Waals surface area contributed by atoms with Crippen molar-refractivity contribution < 1.29 is 9.72 Å². The maximum atomic E-state index is 12.2. The number of nitro benzene ring substituents is 1. The van der Waals surface area contributed by atoms with Gasteiger partial charge >= 0.3 is 0 Å². The van der Waals surface area contributed by atoms with Gasteiger partial charge in [-0.1, -0.05) is 33.6 Å². The molecule has 0 aliphatic carbocycles. The normalized spacial score (nSPS) is 10.2. The molecule has 2 aromatic carbocycles. The van der Waals surface area contributed by atoms with Gasteiger partial charge in [0.05, 0.1) is 16.2 Å². The summed E-state index contributed by atoms with van der Waals surface area (Å²) >= 11 is 12.5. The van der Waals surface area contributed by atoms with Crippen LogP contribution < -0.4 is 5.32 Å². The second-order valence-electron chi connectivity index (χ2n) is 3.97. The van der Waals surface area contributed by atoms with E-state index in [4.69, 9.17) is 11.6 Å². The Bertz CT molecular complexity index is 737. The van der Waals surface area contributed by atoms with Crippen molar-refractivity contribution in [1.29, 1.82) is 0 Å². The van der Waals surface area contributed by atoms with Crippen molar-refractivity contribution in [3.05, 3.63) is 66.0 Å². The van der Waals surface area contributed by atoms with Crippen LogP contribution in [0.1, 0.15) is 10.4 Å². The lowest BCUT2D eigenvalue weighted by atomic mass is 10.2. The van der Waals surface area contributed by atoms with E-state index in [1.165, 1.54) is 18.2 Å². The molecule has 2 rings (SSSR count). The first-order chi connectivity index (χ1) is 9.90. The number of carbonyl (C=O) groups is 1. The van der Waals surface area contributed by atoms with Crippen molar-refractivity contribution in [2.75, 3.05) is 5.32 Å². The Morgan fingerprint density at radius 1 is 1.24 bits per heavy atom. The highest BCUT2D eigenvalue weighted by Gasteiger charge is 2.20. The molecule has 0 heterocycles. The first-order valence-electron chi connectivity index (χ1n) is 5.59. The minimum absolute atomic E-state index is 0.0396. The molecule has 0 aliphatic heterocycles. The van der Waals surface area contributed by atoms with Crippen LogP contribution in [0.4, 0.5) is 11.4 Å². The Balaban J connectivity index is 2.35. The lowest BCUT2D eigenvalue weighted by Crippen LogP contribution is -2.13. The average molecular weight is 434 g/mol. The Hall–Kier alpha value is -1.44. The molecule has 0 aromatic heterocycles. The van der Waals surface area contributed by atoms with Gasteiger partial charge in [0.1, 0.15) is 5.02 Å². The van der Waals surface area contributed by atoms with Gasteiger partial charge in [-0.3, -0.25) is 14.9 Å². The minimum atomic E-state index is -0.631. The summed E-state index contributed by atoms with van der Waals surface area (Å²) in [6.45, 7) is 0. The molecule has 0 saturated heterocycles. The highest BCUT2D eigenvalue weighted by Crippen LogP contribution is 2.30. The molecule has 108 valence electrons. The third-order valence-corrected chi connectivity index (χ3v) is 4.18. The molecule has 0 unspecified atom stereocenters. The van der Waals surface area contributed by atoms with Crippen LogP contribution in [0.5, 0.6) is 0 Å². The van der Waals surface area contributed by atoms with E-state index in [9.17, 15) is 14.9 Å². The maximum absolute atomic E-state index is 12.2. The van der Waals surface area contributed by atoms with E-state index in [1.54, 1.807) is 18.2 Å². The van der Waals surface area contributed by atoms with Crippen LogP contribution in [0.2, 0.25) is 5.02 Å². The summed E-state index contributed by atoms with van der Waals surface area (Å²) in [7, 11) is 0. The van der Waals surface area contributed by atoms with Crippen molar-refractivity contribution in [1.82, 2.24) is 0 Å². The molecular weight excluding hydrogens is 427 g/mol. The zero-order valence-corrected chi connectivity index (χ0v) is 14.2. The molecule has 1 N–H and O–H groups in total. The summed E-state index contributed by atoms with van der Waals surface area (Å²) < 4.78 is 1.46. The van der Waals surface area contributed by atoms with Gasteiger partial charge in [-0.15, -0.1) is 0 Å². The summed E-state index contributed by atoms with van der Waals surface area (Å²) in [5, 5.41) is 13.3. The monoisotopic (exact) mass is 432 g/mol. The summed E-state index contributed by atoms with van der Waals surface area (Å²) in [5.41, 5.74) is 0.257. The summed E-state index contributed by atoms with van der Waals surface area (Å²) in [6.07, 6.45) is 0. The number of nitrogens with one attached hydrogen (secondary N) is 1. The average Bonchev–Trinajstić information content (AvgIpc) is 2.42. The second kappa shape index (κ2) is 6.55. The number of rotatable bonds is 3. The molecular formula is C13H7Br2ClN2O3. The third kappa shape index (κ3) is 3.61. The number of benzene rings is 2.